The first-order valence-electron chi connectivity index (χ1n) is 23.2. The van der Waals surface area contributed by atoms with E-state index in [0.29, 0.717) is 23.9 Å². The molecule has 4 aliphatic rings. The average Bonchev–Trinajstić information content (AvgIpc) is 4.05. The zero-order chi connectivity index (χ0) is 42.7. The van der Waals surface area contributed by atoms with Crippen LogP contribution in [-0.4, -0.2) is 17.4 Å². The molecule has 312 valence electrons. The lowest BCUT2D eigenvalue weighted by molar-refractivity contribution is -0.714. The molecule has 0 radical (unpaired) electrons. The second-order valence-corrected chi connectivity index (χ2v) is 19.8. The molecule has 0 aliphatic carbocycles. The summed E-state index contributed by atoms with van der Waals surface area (Å²) in [5.41, 5.74) is 15.9. The van der Waals surface area contributed by atoms with E-state index < -0.39 is 0 Å². The van der Waals surface area contributed by atoms with E-state index in [-0.39, 0.29) is 17.4 Å². The van der Waals surface area contributed by atoms with E-state index in [1.54, 1.807) is 0 Å². The molecule has 1 fully saturated rings. The van der Waals surface area contributed by atoms with Crippen molar-refractivity contribution < 1.29 is 8.98 Å². The molecule has 61 heavy (non-hydrogen) atoms. The maximum Gasteiger partial charge on any atom is 0.294 e. The number of aromatic nitrogens is 2. The molecule has 2 bridgehead atoms. The van der Waals surface area contributed by atoms with Crippen molar-refractivity contribution in [3.8, 4) is 17.1 Å². The molecule has 4 aliphatic heterocycles. The van der Waals surface area contributed by atoms with E-state index in [9.17, 15) is 0 Å². The van der Waals surface area contributed by atoms with Crippen molar-refractivity contribution in [1.82, 2.24) is 13.5 Å². The minimum absolute atomic E-state index is 0.0788. The molecule has 0 N–H and O–H groups in total. The Morgan fingerprint density at radius 3 is 2.02 bits per heavy atom. The normalized spacial score (nSPS) is 22.5. The number of para-hydroxylation sites is 3. The van der Waals surface area contributed by atoms with E-state index in [4.69, 9.17) is 4.42 Å². The van der Waals surface area contributed by atoms with Gasteiger partial charge >= 0.3 is 0 Å². The maximum atomic E-state index is 6.84. The third kappa shape index (κ3) is 5.29. The smallest absolute Gasteiger partial charge is 0.294 e. The van der Waals surface area contributed by atoms with Crippen molar-refractivity contribution in [3.63, 3.8) is 0 Å². The lowest BCUT2D eigenvalue weighted by atomic mass is 9.64. The predicted molar refractivity (Wildman–Crippen MR) is 255 cm³/mol. The summed E-state index contributed by atoms with van der Waals surface area (Å²) in [6.45, 7) is 27.2. The van der Waals surface area contributed by atoms with Crippen LogP contribution in [0.5, 0.6) is 0 Å². The number of hydrogen-bond donors (Lipinski definition) is 0. The molecule has 0 spiro atoms. The first-order valence-corrected chi connectivity index (χ1v) is 23.2. The molecule has 5 heteroatoms. The molecule has 5 nitrogen and oxygen atoms in total. The number of furan rings is 1. The van der Waals surface area contributed by atoms with Crippen LogP contribution in [0, 0.1) is 0 Å². The molecule has 2 aromatic heterocycles. The van der Waals surface area contributed by atoms with Crippen molar-refractivity contribution in [3.05, 3.63) is 155 Å². The summed E-state index contributed by atoms with van der Waals surface area (Å²) in [4.78, 5) is 0. The first kappa shape index (κ1) is 39.9. The molecule has 6 heterocycles. The first-order chi connectivity index (χ1) is 29.3. The maximum absolute atomic E-state index is 6.84. The minimum Gasteiger partial charge on any atom is -0.456 e. The molecule has 1 saturated heterocycles. The third-order valence-corrected chi connectivity index (χ3v) is 15.6. The molecule has 0 saturated carbocycles. The van der Waals surface area contributed by atoms with Crippen LogP contribution < -0.4 is 13.5 Å². The molecule has 7 aromatic rings. The summed E-state index contributed by atoms with van der Waals surface area (Å²) in [7, 11) is 0. The van der Waals surface area contributed by atoms with E-state index in [1.165, 1.54) is 72.6 Å². The Morgan fingerprint density at radius 1 is 0.705 bits per heavy atom. The average molecular weight is 810 g/mol. The van der Waals surface area contributed by atoms with E-state index in [2.05, 4.69) is 207 Å². The number of hydrogen-bond acceptors (Lipinski definition) is 1. The molecule has 0 amide bonds. The van der Waals surface area contributed by atoms with Gasteiger partial charge in [0.15, 0.2) is 23.8 Å². The van der Waals surface area contributed by atoms with Crippen LogP contribution in [0.4, 0.5) is 11.4 Å². The van der Waals surface area contributed by atoms with Crippen LogP contribution in [0.1, 0.15) is 152 Å². The van der Waals surface area contributed by atoms with E-state index in [0.717, 1.165) is 39.6 Å². The number of quaternary nitrogens is 2. The second-order valence-electron chi connectivity index (χ2n) is 19.8. The van der Waals surface area contributed by atoms with Crippen LogP contribution in [0.2, 0.25) is 0 Å². The molecule has 4 atom stereocenters. The van der Waals surface area contributed by atoms with Gasteiger partial charge in [-0.3, -0.25) is 0 Å². The van der Waals surface area contributed by atoms with Gasteiger partial charge in [-0.15, -0.1) is 0 Å². The molecular weight excluding hydrogens is 745 g/mol. The highest BCUT2D eigenvalue weighted by atomic mass is 16.3. The Labute approximate surface area is 363 Å². The lowest BCUT2D eigenvalue weighted by Crippen LogP contribution is -2.79. The largest absolute Gasteiger partial charge is 0.456 e. The van der Waals surface area contributed by atoms with Crippen LogP contribution >= 0.6 is 0 Å². The van der Waals surface area contributed by atoms with Crippen molar-refractivity contribution in [1.29, 1.82) is 0 Å². The molecule has 11 rings (SSSR count). The SMILES string of the molecule is CCC1(CC)c2ccccc2-c2n(-c3c(C(C)C)cc4c(oc5ccccc54)c3C(C)C)cc[n+]2C1c1ccccc1[N+]12C=C[N+](c3c(C(C)C)cccc3C(C)C)(C1)C2C. The summed E-state index contributed by atoms with van der Waals surface area (Å²) in [5.74, 6) is 2.69. The highest BCUT2D eigenvalue weighted by Gasteiger charge is 2.71. The summed E-state index contributed by atoms with van der Waals surface area (Å²) in [6, 6.07) is 37.0. The zero-order valence-electron chi connectivity index (χ0n) is 38.3. The van der Waals surface area contributed by atoms with Gasteiger partial charge < -0.3 is 4.42 Å². The number of fused-ring (bicyclic) bond motifs is 6. The fourth-order valence-electron chi connectivity index (χ4n) is 12.4. The van der Waals surface area contributed by atoms with Gasteiger partial charge in [0.1, 0.15) is 35.3 Å². The van der Waals surface area contributed by atoms with E-state index in [1.807, 2.05) is 0 Å². The standard InChI is InChI=1S/C56H65N4O/c1-12-56(13-2)47-26-17-14-22-43(47)55-57(51-45(37(7)8)33-46-42-21-16-19-28-49(42)61-53(46)50(51)38(9)10)29-30-58(55)54(56)44-23-15-18-27-48(44)59-31-32-60(34-59,39(59)11)52-40(35(3)4)24-20-25-41(52)36(5)6/h14-33,35-39,54H,12-13,34H2,1-11H3/q+3. The van der Waals surface area contributed by atoms with Crippen LogP contribution in [-0.2, 0) is 5.41 Å². The Hall–Kier alpha value is -5.23. The number of nitrogens with zero attached hydrogens (tertiary/aromatic N) is 4. The zero-order valence-corrected chi connectivity index (χ0v) is 38.3. The second kappa shape index (κ2) is 14.2. The van der Waals surface area contributed by atoms with Gasteiger partial charge in [0.05, 0.1) is 11.1 Å². The van der Waals surface area contributed by atoms with Crippen LogP contribution in [0.15, 0.2) is 126 Å². The Bertz CT molecular complexity index is 2860. The predicted octanol–water partition coefficient (Wildman–Crippen LogP) is 14.6. The Balaban J connectivity index is 1.21. The van der Waals surface area contributed by atoms with Crippen molar-refractivity contribution >= 4 is 33.3 Å². The summed E-state index contributed by atoms with van der Waals surface area (Å²) in [5, 5.41) is 2.40. The van der Waals surface area contributed by atoms with Gasteiger partial charge in [-0.2, -0.15) is 13.5 Å². The summed E-state index contributed by atoms with van der Waals surface area (Å²) in [6.07, 6.45) is 12.3. The lowest BCUT2D eigenvalue weighted by Gasteiger charge is -2.54. The molecular formula is C56H65N4O+3. The van der Waals surface area contributed by atoms with Crippen molar-refractivity contribution in [2.75, 3.05) is 6.67 Å². The minimum atomic E-state index is -0.127. The molecule has 4 unspecified atom stereocenters. The van der Waals surface area contributed by atoms with Gasteiger partial charge in [-0.25, -0.2) is 4.57 Å². The quantitative estimate of drug-likeness (QED) is 0.0996. The summed E-state index contributed by atoms with van der Waals surface area (Å²) >= 11 is 0. The monoisotopic (exact) mass is 810 g/mol. The molecule has 5 aromatic carbocycles. The van der Waals surface area contributed by atoms with Crippen molar-refractivity contribution in [2.24, 2.45) is 0 Å². The van der Waals surface area contributed by atoms with Gasteiger partial charge in [-0.1, -0.05) is 136 Å². The van der Waals surface area contributed by atoms with Crippen LogP contribution in [0.25, 0.3) is 39.0 Å². The van der Waals surface area contributed by atoms with E-state index >= 15 is 0 Å². The topological polar surface area (TPSA) is 21.9 Å². The van der Waals surface area contributed by atoms with Gasteiger partial charge in [0, 0.05) is 51.4 Å². The van der Waals surface area contributed by atoms with Gasteiger partial charge in [0.2, 0.25) is 12.8 Å². The fourth-order valence-corrected chi connectivity index (χ4v) is 12.4. The van der Waals surface area contributed by atoms with Crippen molar-refractivity contribution in [2.45, 2.75) is 130 Å². The Morgan fingerprint density at radius 2 is 1.34 bits per heavy atom. The fraction of sp³-hybridized carbons (Fsp3) is 0.375. The number of benzene rings is 5. The number of rotatable bonds is 10. The Kier molecular flexibility index (Phi) is 9.25. The summed E-state index contributed by atoms with van der Waals surface area (Å²) < 4.78 is 13.8. The van der Waals surface area contributed by atoms with Gasteiger partial charge in [-0.05, 0) is 66.3 Å². The highest BCUT2D eigenvalue weighted by Crippen LogP contribution is 2.59. The number of imidazole rings is 1. The highest BCUT2D eigenvalue weighted by molar-refractivity contribution is 6.07. The third-order valence-electron chi connectivity index (χ3n) is 15.6. The van der Waals surface area contributed by atoms with Crippen LogP contribution in [0.3, 0.4) is 0 Å². The van der Waals surface area contributed by atoms with Gasteiger partial charge in [0.25, 0.3) is 5.82 Å².